The number of aliphatic hydroxyl groups is 1. The number of hydrogen-bond acceptors (Lipinski definition) is 11. The molecule has 10 atom stereocenters. The molecule has 346 valence electrons. The minimum Gasteiger partial charge on any atom is -0.444 e. The molecular weight excluding hydrogens is 789 g/mol. The number of nitrogens with one attached hydrogen (secondary N) is 2. The fourth-order valence-corrected chi connectivity index (χ4v) is 8.17. The number of carbonyl (C=O) groups is 5. The molecule has 61 heavy (non-hydrogen) atoms. The second kappa shape index (κ2) is 23.2. The average molecular weight is 863 g/mol. The van der Waals surface area contributed by atoms with Gasteiger partial charge in [-0.2, -0.15) is 0 Å². The molecule has 2 rings (SSSR count). The van der Waals surface area contributed by atoms with Crippen LogP contribution in [0, 0.1) is 33.8 Å². The molecule has 0 unspecified atom stereocenters. The molecule has 1 heterocycles. The summed E-state index contributed by atoms with van der Waals surface area (Å²) in [5, 5.41) is 27.7. The maximum absolute atomic E-state index is 14.4. The summed E-state index contributed by atoms with van der Waals surface area (Å²) in [6.45, 7) is 20.3. The maximum atomic E-state index is 14.4. The van der Waals surface area contributed by atoms with Gasteiger partial charge in [0.25, 0.3) is 5.69 Å². The maximum Gasteiger partial charge on any atom is 0.410 e. The average Bonchev–Trinajstić information content (AvgIpc) is 3.67. The summed E-state index contributed by atoms with van der Waals surface area (Å²) in [6.07, 6.45) is -1.35. The van der Waals surface area contributed by atoms with E-state index < -0.39 is 82.9 Å². The van der Waals surface area contributed by atoms with Gasteiger partial charge in [-0.05, 0) is 76.0 Å². The third-order valence-corrected chi connectivity index (χ3v) is 11.8. The van der Waals surface area contributed by atoms with E-state index in [1.165, 1.54) is 50.4 Å². The van der Waals surface area contributed by atoms with Crippen molar-refractivity contribution in [3.63, 3.8) is 0 Å². The van der Waals surface area contributed by atoms with Crippen LogP contribution in [0.4, 0.5) is 10.5 Å². The van der Waals surface area contributed by atoms with Crippen LogP contribution in [0.25, 0.3) is 0 Å². The van der Waals surface area contributed by atoms with Crippen molar-refractivity contribution in [1.82, 2.24) is 25.3 Å². The molecule has 1 saturated heterocycles. The number of likely N-dealkylation sites (N-methyl/N-ethyl adjacent to an activating group) is 2. The third-order valence-electron chi connectivity index (χ3n) is 11.8. The zero-order valence-corrected chi connectivity index (χ0v) is 39.1. The molecule has 0 radical (unpaired) electrons. The molecule has 17 nitrogen and oxygen atoms in total. The molecule has 0 saturated carbocycles. The summed E-state index contributed by atoms with van der Waals surface area (Å²) in [6, 6.07) is 1.84. The lowest BCUT2D eigenvalue weighted by atomic mass is 9.89. The number of aliphatic hydroxyl groups excluding tert-OH is 1. The van der Waals surface area contributed by atoms with E-state index >= 15 is 0 Å². The zero-order valence-electron chi connectivity index (χ0n) is 39.1. The van der Waals surface area contributed by atoms with Crippen LogP contribution < -0.4 is 10.6 Å². The van der Waals surface area contributed by atoms with E-state index in [-0.39, 0.29) is 41.7 Å². The summed E-state index contributed by atoms with van der Waals surface area (Å²) in [4.78, 5) is 84.2. The number of likely N-dealkylation sites (tertiary alicyclic amines) is 1. The molecule has 1 fully saturated rings. The highest BCUT2D eigenvalue weighted by atomic mass is 16.6. The van der Waals surface area contributed by atoms with Gasteiger partial charge in [0, 0.05) is 47.0 Å². The van der Waals surface area contributed by atoms with Crippen LogP contribution in [-0.4, -0.2) is 137 Å². The molecular formula is C44H74N6O11. The Balaban J connectivity index is 2.28. The third kappa shape index (κ3) is 14.1. The summed E-state index contributed by atoms with van der Waals surface area (Å²) >= 11 is 0. The first-order chi connectivity index (χ1) is 28.3. The van der Waals surface area contributed by atoms with Crippen LogP contribution in [0.2, 0.25) is 0 Å². The SMILES string of the molecule is CC[C@H](C)[C@@H]([C@@H](CC(=O)N1CCC[C@H]1[C@H](OC)[C@@H](C)C(=O)N[C@H](C)[C@@H](O)c1ccc([N+](=O)[O-])cc1)OC)N(C)C(=O)[C@@H](NC(=O)[C@H](C(C)C)N(C)C(=O)OC(C)(C)C)C(C)C. The molecule has 0 aromatic heterocycles. The number of methoxy groups -OCH3 is 2. The van der Waals surface area contributed by atoms with Crippen molar-refractivity contribution in [2.75, 3.05) is 34.9 Å². The van der Waals surface area contributed by atoms with E-state index in [1.54, 1.807) is 51.5 Å². The molecule has 17 heteroatoms. The van der Waals surface area contributed by atoms with Crippen LogP contribution >= 0.6 is 0 Å². The number of ether oxygens (including phenoxy) is 3. The van der Waals surface area contributed by atoms with Crippen molar-refractivity contribution >= 4 is 35.4 Å². The highest BCUT2D eigenvalue weighted by Crippen LogP contribution is 2.30. The van der Waals surface area contributed by atoms with Crippen molar-refractivity contribution in [3.05, 3.63) is 39.9 Å². The van der Waals surface area contributed by atoms with E-state index in [4.69, 9.17) is 14.2 Å². The molecule has 0 spiro atoms. The Labute approximate surface area is 362 Å². The number of nitro groups is 1. The summed E-state index contributed by atoms with van der Waals surface area (Å²) < 4.78 is 17.4. The molecule has 0 bridgehead atoms. The van der Waals surface area contributed by atoms with Gasteiger partial charge in [0.05, 0.1) is 53.7 Å². The normalized spacial score (nSPS) is 18.9. The summed E-state index contributed by atoms with van der Waals surface area (Å²) in [5.41, 5.74) is -0.477. The standard InChI is InChI=1S/C44H74N6O11/c1-16-27(6)37(47(12)42(55)35(25(2)3)46-41(54)36(26(4)5)48(13)43(56)61-44(9,10)11)33(59-14)24-34(51)49-23-17-18-32(49)39(60-15)28(7)40(53)45-29(8)38(52)30-19-21-31(22-20-30)50(57)58/h19-22,25-29,32-33,35-39,52H,16-18,23-24H2,1-15H3,(H,45,53)(H,46,54)/t27-,28+,29+,32-,33+,35-,36-,37-,38+,39+/m0/s1. The lowest BCUT2D eigenvalue weighted by Gasteiger charge is -2.41. The van der Waals surface area contributed by atoms with Gasteiger partial charge in [-0.3, -0.25) is 34.2 Å². The Hall–Kier alpha value is -4.35. The number of rotatable bonds is 21. The van der Waals surface area contributed by atoms with Crippen molar-refractivity contribution in [2.24, 2.45) is 23.7 Å². The zero-order chi connectivity index (χ0) is 46.7. The van der Waals surface area contributed by atoms with Gasteiger partial charge in [-0.25, -0.2) is 4.79 Å². The van der Waals surface area contributed by atoms with Gasteiger partial charge >= 0.3 is 6.09 Å². The minimum absolute atomic E-state index is 0.0656. The number of nitro benzene ring substituents is 1. The van der Waals surface area contributed by atoms with Crippen LogP contribution in [0.3, 0.4) is 0 Å². The van der Waals surface area contributed by atoms with Crippen molar-refractivity contribution < 1.29 is 48.2 Å². The Kier molecular flexibility index (Phi) is 20.1. The number of amides is 5. The topological polar surface area (TPSA) is 210 Å². The monoisotopic (exact) mass is 863 g/mol. The van der Waals surface area contributed by atoms with Crippen LogP contribution in [-0.2, 0) is 33.4 Å². The molecule has 0 aliphatic carbocycles. The van der Waals surface area contributed by atoms with Gasteiger partial charge in [0.2, 0.25) is 23.6 Å². The molecule has 5 amide bonds. The van der Waals surface area contributed by atoms with E-state index in [2.05, 4.69) is 10.6 Å². The fraction of sp³-hybridized carbons (Fsp3) is 0.750. The Morgan fingerprint density at radius 3 is 1.98 bits per heavy atom. The number of non-ortho nitro benzene ring substituents is 1. The van der Waals surface area contributed by atoms with E-state index in [1.807, 2.05) is 41.5 Å². The highest BCUT2D eigenvalue weighted by Gasteiger charge is 2.44. The van der Waals surface area contributed by atoms with Gasteiger partial charge in [-0.15, -0.1) is 0 Å². The van der Waals surface area contributed by atoms with Crippen LogP contribution in [0.15, 0.2) is 24.3 Å². The predicted octanol–water partition coefficient (Wildman–Crippen LogP) is 5.09. The fourth-order valence-electron chi connectivity index (χ4n) is 8.17. The molecule has 1 aromatic carbocycles. The lowest BCUT2D eigenvalue weighted by molar-refractivity contribution is -0.384. The first kappa shape index (κ1) is 52.8. The van der Waals surface area contributed by atoms with Gasteiger partial charge < -0.3 is 39.8 Å². The van der Waals surface area contributed by atoms with Crippen molar-refractivity contribution in [3.8, 4) is 0 Å². The Morgan fingerprint density at radius 2 is 1.51 bits per heavy atom. The van der Waals surface area contributed by atoms with Gasteiger partial charge in [0.15, 0.2) is 0 Å². The number of nitrogens with zero attached hydrogens (tertiary/aromatic N) is 4. The number of benzene rings is 1. The summed E-state index contributed by atoms with van der Waals surface area (Å²) in [7, 11) is 6.16. The lowest BCUT2D eigenvalue weighted by Crippen LogP contribution is -2.60. The van der Waals surface area contributed by atoms with Crippen molar-refractivity contribution in [1.29, 1.82) is 0 Å². The second-order valence-corrected chi connectivity index (χ2v) is 18.2. The molecule has 3 N–H and O–H groups in total. The first-order valence-corrected chi connectivity index (χ1v) is 21.4. The van der Waals surface area contributed by atoms with E-state index in [0.29, 0.717) is 31.4 Å². The van der Waals surface area contributed by atoms with E-state index in [9.17, 15) is 39.2 Å². The second-order valence-electron chi connectivity index (χ2n) is 18.2. The highest BCUT2D eigenvalue weighted by molar-refractivity contribution is 5.92. The minimum atomic E-state index is -1.13. The Morgan fingerprint density at radius 1 is 0.918 bits per heavy atom. The van der Waals surface area contributed by atoms with E-state index in [0.717, 1.165) is 0 Å². The predicted molar refractivity (Wildman–Crippen MR) is 231 cm³/mol. The number of carbonyl (C=O) groups excluding carboxylic acids is 5. The van der Waals surface area contributed by atoms with Crippen LogP contribution in [0.5, 0.6) is 0 Å². The van der Waals surface area contributed by atoms with Gasteiger partial charge in [-0.1, -0.05) is 54.9 Å². The molecule has 1 aliphatic rings. The quantitative estimate of drug-likeness (QED) is 0.110. The van der Waals surface area contributed by atoms with Gasteiger partial charge in [0.1, 0.15) is 17.7 Å². The molecule has 1 aromatic rings. The largest absolute Gasteiger partial charge is 0.444 e. The first-order valence-electron chi connectivity index (χ1n) is 21.4. The summed E-state index contributed by atoms with van der Waals surface area (Å²) in [5.74, 6) is -2.96. The Bertz CT molecular complexity index is 1630. The molecule has 1 aliphatic heterocycles. The smallest absolute Gasteiger partial charge is 0.410 e. The number of hydrogen-bond donors (Lipinski definition) is 3. The van der Waals surface area contributed by atoms with Crippen molar-refractivity contribution in [2.45, 2.75) is 156 Å². The van der Waals surface area contributed by atoms with Crippen LogP contribution in [0.1, 0.15) is 114 Å².